The highest BCUT2D eigenvalue weighted by atomic mass is 32.1. The topological polar surface area (TPSA) is 67.2 Å². The van der Waals surface area contributed by atoms with Gasteiger partial charge in [0.05, 0.1) is 11.7 Å². The van der Waals surface area contributed by atoms with Crippen molar-refractivity contribution in [1.82, 2.24) is 19.8 Å². The van der Waals surface area contributed by atoms with Crippen LogP contribution in [0.4, 0.5) is 0 Å². The van der Waals surface area contributed by atoms with E-state index in [9.17, 15) is 9.59 Å². The number of nitrogens with one attached hydrogen (secondary N) is 1. The number of carbonyl (C=O) groups excluding carboxylic acids is 1. The zero-order valence-corrected chi connectivity index (χ0v) is 14.1. The summed E-state index contributed by atoms with van der Waals surface area (Å²) in [7, 11) is 0. The molecule has 2 aromatic heterocycles. The Morgan fingerprint density at radius 2 is 2.43 bits per heavy atom. The summed E-state index contributed by atoms with van der Waals surface area (Å²) in [6.07, 6.45) is 3.85. The zero-order chi connectivity index (χ0) is 16.2. The summed E-state index contributed by atoms with van der Waals surface area (Å²) >= 11 is 1.46. The number of fused-ring (bicyclic) bond motifs is 1. The van der Waals surface area contributed by atoms with Gasteiger partial charge in [0, 0.05) is 32.1 Å². The summed E-state index contributed by atoms with van der Waals surface area (Å²) in [4.78, 5) is 31.9. The molecule has 3 heterocycles. The van der Waals surface area contributed by atoms with Gasteiger partial charge in [-0.3, -0.25) is 14.2 Å². The second-order valence-corrected chi connectivity index (χ2v) is 6.76. The van der Waals surface area contributed by atoms with Crippen molar-refractivity contribution in [2.24, 2.45) is 0 Å². The Bertz CT molecular complexity index is 733. The molecule has 1 unspecified atom stereocenters. The van der Waals surface area contributed by atoms with Gasteiger partial charge in [-0.1, -0.05) is 6.92 Å². The van der Waals surface area contributed by atoms with Crippen LogP contribution in [-0.2, 0) is 11.3 Å². The first kappa shape index (κ1) is 16.1. The number of aryl methyl sites for hydroxylation is 1. The fourth-order valence-electron chi connectivity index (χ4n) is 3.07. The van der Waals surface area contributed by atoms with Crippen LogP contribution in [0.1, 0.15) is 26.2 Å². The summed E-state index contributed by atoms with van der Waals surface area (Å²) < 4.78 is 1.55. The van der Waals surface area contributed by atoms with Gasteiger partial charge in [0.1, 0.15) is 4.83 Å². The van der Waals surface area contributed by atoms with Gasteiger partial charge in [-0.2, -0.15) is 0 Å². The van der Waals surface area contributed by atoms with E-state index in [2.05, 4.69) is 17.2 Å². The molecule has 0 saturated carbocycles. The molecule has 124 valence electrons. The van der Waals surface area contributed by atoms with Gasteiger partial charge in [0.25, 0.3) is 5.56 Å². The second-order valence-electron chi connectivity index (χ2n) is 5.87. The van der Waals surface area contributed by atoms with Crippen LogP contribution in [-0.4, -0.2) is 46.0 Å². The minimum atomic E-state index is -0.0615. The van der Waals surface area contributed by atoms with Gasteiger partial charge in [0.15, 0.2) is 0 Å². The molecule has 2 aromatic rings. The first-order valence-corrected chi connectivity index (χ1v) is 9.01. The smallest absolute Gasteiger partial charge is 0.262 e. The third-order valence-corrected chi connectivity index (χ3v) is 5.10. The summed E-state index contributed by atoms with van der Waals surface area (Å²) in [6, 6.07) is 2.08. The molecular weight excluding hydrogens is 312 g/mol. The van der Waals surface area contributed by atoms with E-state index in [1.807, 2.05) is 10.3 Å². The van der Waals surface area contributed by atoms with Crippen molar-refractivity contribution in [1.29, 1.82) is 0 Å². The molecular formula is C16H22N4O2S. The lowest BCUT2D eigenvalue weighted by molar-refractivity contribution is -0.133. The van der Waals surface area contributed by atoms with Gasteiger partial charge in [-0.05, 0) is 30.8 Å². The molecule has 0 aliphatic carbocycles. The third kappa shape index (κ3) is 3.45. The minimum absolute atomic E-state index is 0.0615. The molecule has 7 heteroatoms. The van der Waals surface area contributed by atoms with Crippen molar-refractivity contribution >= 4 is 27.5 Å². The monoisotopic (exact) mass is 334 g/mol. The molecule has 1 amide bonds. The Morgan fingerprint density at radius 3 is 3.17 bits per heavy atom. The number of aromatic nitrogens is 2. The molecule has 3 rings (SSSR count). The molecule has 0 radical (unpaired) electrons. The van der Waals surface area contributed by atoms with E-state index in [-0.39, 0.29) is 17.5 Å². The van der Waals surface area contributed by atoms with Crippen LogP contribution >= 0.6 is 11.3 Å². The highest BCUT2D eigenvalue weighted by Gasteiger charge is 2.25. The van der Waals surface area contributed by atoms with Crippen molar-refractivity contribution in [3.05, 3.63) is 28.1 Å². The fourth-order valence-corrected chi connectivity index (χ4v) is 3.79. The van der Waals surface area contributed by atoms with Gasteiger partial charge in [-0.25, -0.2) is 4.98 Å². The molecule has 1 aliphatic rings. The van der Waals surface area contributed by atoms with E-state index in [4.69, 9.17) is 0 Å². The van der Waals surface area contributed by atoms with E-state index in [1.165, 1.54) is 11.3 Å². The molecule has 0 spiro atoms. The Labute approximate surface area is 139 Å². The Hall–Kier alpha value is -1.73. The SMILES string of the molecule is CCCN(C(=O)CCn1cnc2sccc2c1=O)C1CCNC1. The fraction of sp³-hybridized carbons (Fsp3) is 0.562. The van der Waals surface area contributed by atoms with E-state index < -0.39 is 0 Å². The quantitative estimate of drug-likeness (QED) is 0.868. The molecule has 1 N–H and O–H groups in total. The van der Waals surface area contributed by atoms with E-state index in [0.717, 1.165) is 37.3 Å². The van der Waals surface area contributed by atoms with E-state index in [1.54, 1.807) is 17.0 Å². The summed E-state index contributed by atoms with van der Waals surface area (Å²) in [6.45, 7) is 5.09. The van der Waals surface area contributed by atoms with Crippen molar-refractivity contribution in [3.8, 4) is 0 Å². The Morgan fingerprint density at radius 1 is 1.57 bits per heavy atom. The first-order chi connectivity index (χ1) is 11.2. The highest BCUT2D eigenvalue weighted by Crippen LogP contribution is 2.14. The Kier molecular flexibility index (Phi) is 5.07. The third-order valence-electron chi connectivity index (χ3n) is 4.28. The molecule has 1 aliphatic heterocycles. The maximum atomic E-state index is 12.6. The van der Waals surface area contributed by atoms with Crippen LogP contribution in [0.15, 0.2) is 22.6 Å². The van der Waals surface area contributed by atoms with Crippen molar-refractivity contribution < 1.29 is 4.79 Å². The lowest BCUT2D eigenvalue weighted by Gasteiger charge is -2.28. The number of thiophene rings is 1. The van der Waals surface area contributed by atoms with Crippen LogP contribution in [0.3, 0.4) is 0 Å². The molecule has 0 bridgehead atoms. The highest BCUT2D eigenvalue weighted by molar-refractivity contribution is 7.16. The van der Waals surface area contributed by atoms with Crippen LogP contribution < -0.4 is 10.9 Å². The van der Waals surface area contributed by atoms with Gasteiger partial charge in [-0.15, -0.1) is 11.3 Å². The van der Waals surface area contributed by atoms with E-state index >= 15 is 0 Å². The standard InChI is InChI=1S/C16H22N4O2S/c1-2-7-20(12-3-6-17-10-12)14(21)4-8-19-11-18-15-13(16(19)22)5-9-23-15/h5,9,11-12,17H,2-4,6-8,10H2,1H3. The van der Waals surface area contributed by atoms with Crippen molar-refractivity contribution in [2.45, 2.75) is 38.8 Å². The number of carbonyl (C=O) groups is 1. The number of amides is 1. The largest absolute Gasteiger partial charge is 0.338 e. The van der Waals surface area contributed by atoms with Crippen LogP contribution in [0, 0.1) is 0 Å². The lowest BCUT2D eigenvalue weighted by atomic mass is 10.2. The van der Waals surface area contributed by atoms with Crippen LogP contribution in [0.5, 0.6) is 0 Å². The Balaban J connectivity index is 1.68. The predicted octanol–water partition coefficient (Wildman–Crippen LogP) is 1.45. The molecule has 0 aromatic carbocycles. The molecule has 6 nitrogen and oxygen atoms in total. The number of nitrogens with zero attached hydrogens (tertiary/aromatic N) is 3. The summed E-state index contributed by atoms with van der Waals surface area (Å²) in [5.74, 6) is 0.123. The second kappa shape index (κ2) is 7.23. The summed E-state index contributed by atoms with van der Waals surface area (Å²) in [5, 5.41) is 5.81. The predicted molar refractivity (Wildman–Crippen MR) is 91.8 cm³/mol. The molecule has 23 heavy (non-hydrogen) atoms. The molecule has 1 saturated heterocycles. The van der Waals surface area contributed by atoms with Gasteiger partial charge >= 0.3 is 0 Å². The van der Waals surface area contributed by atoms with E-state index in [0.29, 0.717) is 18.4 Å². The van der Waals surface area contributed by atoms with Crippen molar-refractivity contribution in [3.63, 3.8) is 0 Å². The lowest BCUT2D eigenvalue weighted by Crippen LogP contribution is -2.42. The van der Waals surface area contributed by atoms with Crippen molar-refractivity contribution in [2.75, 3.05) is 19.6 Å². The minimum Gasteiger partial charge on any atom is -0.338 e. The van der Waals surface area contributed by atoms with Gasteiger partial charge < -0.3 is 10.2 Å². The zero-order valence-electron chi connectivity index (χ0n) is 13.3. The molecule has 1 fully saturated rings. The summed E-state index contributed by atoms with van der Waals surface area (Å²) in [5.41, 5.74) is -0.0615. The van der Waals surface area contributed by atoms with Crippen LogP contribution in [0.25, 0.3) is 10.2 Å². The number of rotatable bonds is 6. The maximum Gasteiger partial charge on any atom is 0.262 e. The van der Waals surface area contributed by atoms with Crippen LogP contribution in [0.2, 0.25) is 0 Å². The first-order valence-electron chi connectivity index (χ1n) is 8.13. The average Bonchev–Trinajstić information content (AvgIpc) is 3.23. The van der Waals surface area contributed by atoms with Gasteiger partial charge in [0.2, 0.25) is 5.91 Å². The molecule has 1 atom stereocenters. The average molecular weight is 334 g/mol. The normalized spacial score (nSPS) is 17.7. The number of hydrogen-bond donors (Lipinski definition) is 1. The maximum absolute atomic E-state index is 12.6. The number of hydrogen-bond acceptors (Lipinski definition) is 5.